The Labute approximate surface area is 90.2 Å². The van der Waals surface area contributed by atoms with Crippen molar-refractivity contribution < 1.29 is 0 Å². The third-order valence-corrected chi connectivity index (χ3v) is 3.65. The number of nitrogens with zero attached hydrogens (tertiary/aromatic N) is 2. The highest BCUT2D eigenvalue weighted by molar-refractivity contribution is 7.15. The molecule has 0 amide bonds. The van der Waals surface area contributed by atoms with Crippen molar-refractivity contribution in [1.82, 2.24) is 10.3 Å². The molecule has 0 bridgehead atoms. The van der Waals surface area contributed by atoms with Crippen LogP contribution >= 0.6 is 11.3 Å². The van der Waals surface area contributed by atoms with Gasteiger partial charge < -0.3 is 10.2 Å². The van der Waals surface area contributed by atoms with Gasteiger partial charge >= 0.3 is 0 Å². The molecule has 0 aliphatic rings. The van der Waals surface area contributed by atoms with Crippen molar-refractivity contribution in [2.45, 2.75) is 26.8 Å². The third-order valence-electron chi connectivity index (χ3n) is 2.41. The van der Waals surface area contributed by atoms with E-state index < -0.39 is 0 Å². The Morgan fingerprint density at radius 2 is 2.14 bits per heavy atom. The molecular formula is C10H19N3S. The Kier molecular flexibility index (Phi) is 4.35. The number of hydrogen-bond acceptors (Lipinski definition) is 4. The molecule has 0 spiro atoms. The minimum absolute atomic E-state index is 0.400. The molecule has 3 nitrogen and oxygen atoms in total. The molecule has 14 heavy (non-hydrogen) atoms. The van der Waals surface area contributed by atoms with Gasteiger partial charge in [-0.15, -0.1) is 11.3 Å². The second-order valence-corrected chi connectivity index (χ2v) is 4.27. The highest BCUT2D eigenvalue weighted by Crippen LogP contribution is 2.26. The molecule has 1 unspecified atom stereocenters. The Balaban J connectivity index is 2.76. The zero-order chi connectivity index (χ0) is 10.6. The van der Waals surface area contributed by atoms with Crippen molar-refractivity contribution in [3.05, 3.63) is 11.1 Å². The van der Waals surface area contributed by atoms with Gasteiger partial charge in [-0.05, 0) is 27.8 Å². The zero-order valence-electron chi connectivity index (χ0n) is 9.37. The van der Waals surface area contributed by atoms with E-state index in [-0.39, 0.29) is 0 Å². The standard InChI is InChI=1S/C10H19N3S/c1-5-13(6-2)10-12-7-9(14-10)8(3)11-4/h7-8,11H,5-6H2,1-4H3. The van der Waals surface area contributed by atoms with Crippen LogP contribution in [0.1, 0.15) is 31.7 Å². The molecule has 1 N–H and O–H groups in total. The average Bonchev–Trinajstić information content (AvgIpc) is 2.68. The maximum Gasteiger partial charge on any atom is 0.185 e. The van der Waals surface area contributed by atoms with Gasteiger partial charge in [-0.3, -0.25) is 0 Å². The van der Waals surface area contributed by atoms with Crippen molar-refractivity contribution in [2.24, 2.45) is 0 Å². The molecule has 0 saturated carbocycles. The summed E-state index contributed by atoms with van der Waals surface area (Å²) in [6.07, 6.45) is 1.97. The Morgan fingerprint density at radius 3 is 2.64 bits per heavy atom. The van der Waals surface area contributed by atoms with Crippen molar-refractivity contribution in [3.8, 4) is 0 Å². The van der Waals surface area contributed by atoms with Gasteiger partial charge in [0.25, 0.3) is 0 Å². The maximum atomic E-state index is 4.43. The van der Waals surface area contributed by atoms with Crippen molar-refractivity contribution in [1.29, 1.82) is 0 Å². The lowest BCUT2D eigenvalue weighted by Crippen LogP contribution is -2.21. The highest BCUT2D eigenvalue weighted by atomic mass is 32.1. The minimum Gasteiger partial charge on any atom is -0.349 e. The second kappa shape index (κ2) is 5.32. The van der Waals surface area contributed by atoms with Gasteiger partial charge in [0.2, 0.25) is 0 Å². The van der Waals surface area contributed by atoms with E-state index in [1.807, 2.05) is 13.2 Å². The predicted molar refractivity (Wildman–Crippen MR) is 63.1 cm³/mol. The van der Waals surface area contributed by atoms with E-state index in [9.17, 15) is 0 Å². The Hall–Kier alpha value is -0.610. The van der Waals surface area contributed by atoms with Gasteiger partial charge in [-0.25, -0.2) is 4.98 Å². The van der Waals surface area contributed by atoms with Crippen LogP contribution in [0.25, 0.3) is 0 Å². The first kappa shape index (κ1) is 11.5. The first-order valence-electron chi connectivity index (χ1n) is 5.10. The van der Waals surface area contributed by atoms with E-state index >= 15 is 0 Å². The number of anilines is 1. The lowest BCUT2D eigenvalue weighted by Gasteiger charge is -2.16. The molecule has 0 aliphatic carbocycles. The van der Waals surface area contributed by atoms with Gasteiger partial charge in [-0.2, -0.15) is 0 Å². The number of rotatable bonds is 5. The molecule has 80 valence electrons. The summed E-state index contributed by atoms with van der Waals surface area (Å²) in [4.78, 5) is 8.01. The molecule has 0 saturated heterocycles. The van der Waals surface area contributed by atoms with Crippen molar-refractivity contribution in [3.63, 3.8) is 0 Å². The predicted octanol–water partition coefficient (Wildman–Crippen LogP) is 2.27. The van der Waals surface area contributed by atoms with Gasteiger partial charge in [-0.1, -0.05) is 0 Å². The molecule has 4 heteroatoms. The Bertz CT molecular complexity index is 268. The topological polar surface area (TPSA) is 28.2 Å². The van der Waals surface area contributed by atoms with Crippen LogP contribution in [0.3, 0.4) is 0 Å². The fraction of sp³-hybridized carbons (Fsp3) is 0.700. The molecule has 0 aliphatic heterocycles. The fourth-order valence-corrected chi connectivity index (χ4v) is 2.36. The van der Waals surface area contributed by atoms with E-state index in [4.69, 9.17) is 0 Å². The summed E-state index contributed by atoms with van der Waals surface area (Å²) in [5.41, 5.74) is 0. The maximum absolute atomic E-state index is 4.43. The van der Waals surface area contributed by atoms with Crippen LogP contribution in [0.2, 0.25) is 0 Å². The fourth-order valence-electron chi connectivity index (χ4n) is 1.26. The van der Waals surface area contributed by atoms with Crippen LogP contribution in [0, 0.1) is 0 Å². The van der Waals surface area contributed by atoms with Gasteiger partial charge in [0.15, 0.2) is 5.13 Å². The van der Waals surface area contributed by atoms with Gasteiger partial charge in [0, 0.05) is 30.2 Å². The molecule has 0 aromatic carbocycles. The molecule has 1 atom stereocenters. The summed E-state index contributed by atoms with van der Waals surface area (Å²) in [6.45, 7) is 8.52. The first-order chi connectivity index (χ1) is 6.72. The normalized spacial score (nSPS) is 12.9. The van der Waals surface area contributed by atoms with E-state index in [0.717, 1.165) is 18.2 Å². The molecule has 1 aromatic rings. The van der Waals surface area contributed by atoms with Crippen LogP contribution in [0.4, 0.5) is 5.13 Å². The quantitative estimate of drug-likeness (QED) is 0.813. The van der Waals surface area contributed by atoms with Crippen LogP contribution < -0.4 is 10.2 Å². The van der Waals surface area contributed by atoms with E-state index in [1.54, 1.807) is 11.3 Å². The zero-order valence-corrected chi connectivity index (χ0v) is 10.2. The highest BCUT2D eigenvalue weighted by Gasteiger charge is 2.10. The average molecular weight is 213 g/mol. The molecular weight excluding hydrogens is 194 g/mol. The minimum atomic E-state index is 0.400. The smallest absolute Gasteiger partial charge is 0.185 e. The molecule has 1 aromatic heterocycles. The van der Waals surface area contributed by atoms with Crippen LogP contribution in [0.5, 0.6) is 0 Å². The van der Waals surface area contributed by atoms with Crippen LogP contribution in [-0.4, -0.2) is 25.1 Å². The third kappa shape index (κ3) is 2.45. The summed E-state index contributed by atoms with van der Waals surface area (Å²) in [7, 11) is 1.97. The summed E-state index contributed by atoms with van der Waals surface area (Å²) in [5.74, 6) is 0. The monoisotopic (exact) mass is 213 g/mol. The second-order valence-electron chi connectivity index (χ2n) is 3.23. The van der Waals surface area contributed by atoms with Crippen molar-refractivity contribution in [2.75, 3.05) is 25.0 Å². The molecule has 1 heterocycles. The number of nitrogens with one attached hydrogen (secondary N) is 1. The Morgan fingerprint density at radius 1 is 1.50 bits per heavy atom. The van der Waals surface area contributed by atoms with Crippen LogP contribution in [-0.2, 0) is 0 Å². The molecule has 0 fully saturated rings. The number of aromatic nitrogens is 1. The number of thiazole rings is 1. The largest absolute Gasteiger partial charge is 0.349 e. The van der Waals surface area contributed by atoms with E-state index in [1.165, 1.54) is 4.88 Å². The lowest BCUT2D eigenvalue weighted by molar-refractivity contribution is 0.662. The molecule has 0 radical (unpaired) electrons. The van der Waals surface area contributed by atoms with Crippen LogP contribution in [0.15, 0.2) is 6.20 Å². The summed E-state index contributed by atoms with van der Waals surface area (Å²) in [6, 6.07) is 0.400. The van der Waals surface area contributed by atoms with Gasteiger partial charge in [0.1, 0.15) is 0 Å². The molecule has 1 rings (SSSR count). The van der Waals surface area contributed by atoms with E-state index in [2.05, 4.69) is 36.0 Å². The summed E-state index contributed by atoms with van der Waals surface area (Å²) < 4.78 is 0. The van der Waals surface area contributed by atoms with Crippen molar-refractivity contribution >= 4 is 16.5 Å². The first-order valence-corrected chi connectivity index (χ1v) is 5.92. The van der Waals surface area contributed by atoms with E-state index in [0.29, 0.717) is 6.04 Å². The summed E-state index contributed by atoms with van der Waals surface area (Å²) in [5, 5.41) is 4.35. The van der Waals surface area contributed by atoms with Gasteiger partial charge in [0.05, 0.1) is 0 Å². The SMILES string of the molecule is CCN(CC)c1ncc(C(C)NC)s1. The number of hydrogen-bond donors (Lipinski definition) is 1. The summed E-state index contributed by atoms with van der Waals surface area (Å²) >= 11 is 1.78. The lowest BCUT2D eigenvalue weighted by atomic mass is 10.3.